The Morgan fingerprint density at radius 1 is 1.24 bits per heavy atom. The van der Waals surface area contributed by atoms with Crippen molar-refractivity contribution in [2.24, 2.45) is 11.8 Å². The van der Waals surface area contributed by atoms with Crippen molar-refractivity contribution in [2.45, 2.75) is 25.6 Å². The summed E-state index contributed by atoms with van der Waals surface area (Å²) in [7, 11) is 2.23. The average molecular weight is 232 g/mol. The molecule has 1 aromatic heterocycles. The first-order valence-electron chi connectivity index (χ1n) is 6.52. The first-order chi connectivity index (χ1) is 8.33. The number of fused-ring (bicyclic) bond motifs is 2. The lowest BCUT2D eigenvalue weighted by molar-refractivity contribution is -0.0460. The van der Waals surface area contributed by atoms with E-state index in [1.54, 1.807) is 0 Å². The Morgan fingerprint density at radius 2 is 1.88 bits per heavy atom. The number of nitrogens with zero attached hydrogens (tertiary/aromatic N) is 2. The minimum Gasteiger partial charge on any atom is -0.373 e. The van der Waals surface area contributed by atoms with Gasteiger partial charge in [-0.25, -0.2) is 0 Å². The number of ether oxygens (including phenoxy) is 1. The summed E-state index contributed by atoms with van der Waals surface area (Å²) >= 11 is 0. The van der Waals surface area contributed by atoms with Crippen LogP contribution in [-0.2, 0) is 11.3 Å². The van der Waals surface area contributed by atoms with E-state index < -0.39 is 0 Å². The average Bonchev–Trinajstić information content (AvgIpc) is 2.59. The first kappa shape index (κ1) is 11.2. The van der Waals surface area contributed by atoms with E-state index in [-0.39, 0.29) is 0 Å². The van der Waals surface area contributed by atoms with Crippen molar-refractivity contribution < 1.29 is 4.74 Å². The molecule has 3 atom stereocenters. The van der Waals surface area contributed by atoms with Gasteiger partial charge in [0.1, 0.15) is 0 Å². The van der Waals surface area contributed by atoms with Crippen molar-refractivity contribution in [2.75, 3.05) is 20.1 Å². The van der Waals surface area contributed by atoms with E-state index in [0.29, 0.717) is 6.10 Å². The summed E-state index contributed by atoms with van der Waals surface area (Å²) < 4.78 is 6.15. The van der Waals surface area contributed by atoms with E-state index in [1.165, 1.54) is 31.5 Å². The van der Waals surface area contributed by atoms with E-state index >= 15 is 0 Å². The Kier molecular flexibility index (Phi) is 3.12. The summed E-state index contributed by atoms with van der Waals surface area (Å²) in [5, 5.41) is 0. The molecule has 1 aliphatic heterocycles. The van der Waals surface area contributed by atoms with Gasteiger partial charge in [0.15, 0.2) is 0 Å². The molecule has 0 N–H and O–H groups in total. The fourth-order valence-corrected chi connectivity index (χ4v) is 3.35. The van der Waals surface area contributed by atoms with Crippen LogP contribution >= 0.6 is 0 Å². The lowest BCUT2D eigenvalue weighted by Gasteiger charge is -2.35. The van der Waals surface area contributed by atoms with Crippen LogP contribution in [0, 0.1) is 11.8 Å². The molecule has 2 fully saturated rings. The lowest BCUT2D eigenvalue weighted by Crippen LogP contribution is -2.43. The second kappa shape index (κ2) is 4.75. The van der Waals surface area contributed by atoms with Gasteiger partial charge in [0.2, 0.25) is 0 Å². The molecule has 2 bridgehead atoms. The van der Waals surface area contributed by atoms with E-state index in [0.717, 1.165) is 18.4 Å². The fourth-order valence-electron chi connectivity index (χ4n) is 3.35. The van der Waals surface area contributed by atoms with Gasteiger partial charge in [-0.2, -0.15) is 0 Å². The zero-order valence-electron chi connectivity index (χ0n) is 10.4. The van der Waals surface area contributed by atoms with Crippen LogP contribution in [0.5, 0.6) is 0 Å². The van der Waals surface area contributed by atoms with Crippen LogP contribution in [0.2, 0.25) is 0 Å². The van der Waals surface area contributed by atoms with Crippen molar-refractivity contribution >= 4 is 0 Å². The molecule has 0 unspecified atom stereocenters. The highest BCUT2D eigenvalue weighted by molar-refractivity contribution is 5.08. The zero-order chi connectivity index (χ0) is 11.7. The molecule has 1 aliphatic carbocycles. The number of piperidine rings is 1. The molecule has 17 heavy (non-hydrogen) atoms. The number of hydrogen-bond donors (Lipinski definition) is 0. The minimum atomic E-state index is 0.486. The van der Waals surface area contributed by atoms with Gasteiger partial charge < -0.3 is 9.64 Å². The highest BCUT2D eigenvalue weighted by Crippen LogP contribution is 2.38. The summed E-state index contributed by atoms with van der Waals surface area (Å²) in [5.41, 5.74) is 1.23. The molecule has 92 valence electrons. The predicted octanol–water partition coefficient (Wildman–Crippen LogP) is 1.94. The molecule has 3 rings (SSSR count). The number of rotatable bonds is 3. The van der Waals surface area contributed by atoms with Crippen LogP contribution in [0.25, 0.3) is 0 Å². The van der Waals surface area contributed by atoms with Gasteiger partial charge in [-0.3, -0.25) is 4.98 Å². The van der Waals surface area contributed by atoms with Gasteiger partial charge in [0.05, 0.1) is 12.7 Å². The molecule has 2 aliphatic rings. The third-order valence-corrected chi connectivity index (χ3v) is 4.12. The van der Waals surface area contributed by atoms with Crippen LogP contribution in [0.4, 0.5) is 0 Å². The quantitative estimate of drug-likeness (QED) is 0.796. The van der Waals surface area contributed by atoms with Crippen molar-refractivity contribution in [3.05, 3.63) is 30.1 Å². The zero-order valence-corrected chi connectivity index (χ0v) is 10.4. The molecule has 3 heteroatoms. The molecular formula is C14H20N2O. The number of pyridine rings is 1. The Bertz CT molecular complexity index is 354. The third-order valence-electron chi connectivity index (χ3n) is 4.12. The van der Waals surface area contributed by atoms with Gasteiger partial charge in [-0.1, -0.05) is 0 Å². The lowest BCUT2D eigenvalue weighted by atomic mass is 9.95. The first-order valence-corrected chi connectivity index (χ1v) is 6.52. The number of likely N-dealkylation sites (tertiary alicyclic amines) is 1. The van der Waals surface area contributed by atoms with Crippen molar-refractivity contribution in [1.29, 1.82) is 0 Å². The Hall–Kier alpha value is -0.930. The van der Waals surface area contributed by atoms with Crippen molar-refractivity contribution in [3.63, 3.8) is 0 Å². The van der Waals surface area contributed by atoms with E-state index in [9.17, 15) is 0 Å². The highest BCUT2D eigenvalue weighted by Gasteiger charge is 2.41. The summed E-state index contributed by atoms with van der Waals surface area (Å²) in [5.74, 6) is 1.50. The molecule has 3 nitrogen and oxygen atoms in total. The summed E-state index contributed by atoms with van der Waals surface area (Å²) in [6.07, 6.45) is 6.84. The second-order valence-electron chi connectivity index (χ2n) is 5.45. The summed E-state index contributed by atoms with van der Waals surface area (Å²) in [6.45, 7) is 3.15. The molecular weight excluding hydrogens is 212 g/mol. The van der Waals surface area contributed by atoms with Crippen molar-refractivity contribution in [3.8, 4) is 0 Å². The molecule has 1 saturated carbocycles. The normalized spacial score (nSPS) is 32.9. The molecule has 1 saturated heterocycles. The Morgan fingerprint density at radius 3 is 2.53 bits per heavy atom. The van der Waals surface area contributed by atoms with Crippen LogP contribution in [0.1, 0.15) is 18.4 Å². The minimum absolute atomic E-state index is 0.486. The monoisotopic (exact) mass is 232 g/mol. The summed E-state index contributed by atoms with van der Waals surface area (Å²) in [4.78, 5) is 6.48. The van der Waals surface area contributed by atoms with Crippen LogP contribution in [0.15, 0.2) is 24.5 Å². The topological polar surface area (TPSA) is 25.4 Å². The van der Waals surface area contributed by atoms with Gasteiger partial charge >= 0.3 is 0 Å². The maximum absolute atomic E-state index is 6.15. The number of hydrogen-bond acceptors (Lipinski definition) is 3. The highest BCUT2D eigenvalue weighted by atomic mass is 16.5. The molecule has 1 aromatic rings. The van der Waals surface area contributed by atoms with Gasteiger partial charge in [0.25, 0.3) is 0 Å². The predicted molar refractivity (Wildman–Crippen MR) is 66.5 cm³/mol. The molecule has 0 aromatic carbocycles. The van der Waals surface area contributed by atoms with E-state index in [4.69, 9.17) is 4.74 Å². The van der Waals surface area contributed by atoms with Gasteiger partial charge in [-0.05, 0) is 49.4 Å². The maximum Gasteiger partial charge on any atom is 0.0722 e. The maximum atomic E-state index is 6.15. The van der Waals surface area contributed by atoms with Crippen molar-refractivity contribution in [1.82, 2.24) is 9.88 Å². The van der Waals surface area contributed by atoms with E-state index in [2.05, 4.69) is 16.9 Å². The SMILES string of the molecule is CN1C[C@H]2CC[C@@H](C1)[C@@H]2OCc1ccncc1. The van der Waals surface area contributed by atoms with Crippen LogP contribution in [-0.4, -0.2) is 36.1 Å². The Balaban J connectivity index is 1.60. The number of aromatic nitrogens is 1. The van der Waals surface area contributed by atoms with Crippen LogP contribution < -0.4 is 0 Å². The molecule has 2 heterocycles. The van der Waals surface area contributed by atoms with Crippen LogP contribution in [0.3, 0.4) is 0 Å². The summed E-state index contributed by atoms with van der Waals surface area (Å²) in [6, 6.07) is 4.08. The third kappa shape index (κ3) is 2.35. The molecule has 0 amide bonds. The molecule has 0 spiro atoms. The smallest absolute Gasteiger partial charge is 0.0722 e. The fraction of sp³-hybridized carbons (Fsp3) is 0.643. The second-order valence-corrected chi connectivity index (χ2v) is 5.45. The van der Waals surface area contributed by atoms with Gasteiger partial charge in [-0.15, -0.1) is 0 Å². The largest absolute Gasteiger partial charge is 0.373 e. The Labute approximate surface area is 103 Å². The molecule has 0 radical (unpaired) electrons. The van der Waals surface area contributed by atoms with Gasteiger partial charge in [0, 0.05) is 25.5 Å². The van der Waals surface area contributed by atoms with E-state index in [1.807, 2.05) is 24.5 Å². The standard InChI is InChI=1S/C14H20N2O/c1-16-8-12-2-3-13(9-16)14(12)17-10-11-4-6-15-7-5-11/h4-7,12-14H,2-3,8-10H2,1H3/t12-,13+,14-.